The SMILES string of the molecule is CCOc1cccc(C2/C(=C(\O)c3ccc(OC(C)C)c(C)c3)C(=O)C(=O)N2CCOC(C)C)c1. The molecule has 1 heterocycles. The van der Waals surface area contributed by atoms with Gasteiger partial charge in [0.15, 0.2) is 0 Å². The van der Waals surface area contributed by atoms with E-state index in [1.165, 1.54) is 4.90 Å². The van der Waals surface area contributed by atoms with Gasteiger partial charge >= 0.3 is 0 Å². The summed E-state index contributed by atoms with van der Waals surface area (Å²) in [5.41, 5.74) is 1.99. The van der Waals surface area contributed by atoms with Crippen LogP contribution in [-0.4, -0.2) is 53.7 Å². The zero-order valence-corrected chi connectivity index (χ0v) is 21.3. The third-order valence-corrected chi connectivity index (χ3v) is 5.62. The molecular formula is C28H35NO6. The van der Waals surface area contributed by atoms with Gasteiger partial charge in [0.05, 0.1) is 37.0 Å². The molecule has 35 heavy (non-hydrogen) atoms. The minimum Gasteiger partial charge on any atom is -0.507 e. The van der Waals surface area contributed by atoms with Crippen LogP contribution in [0, 0.1) is 6.92 Å². The molecule has 0 spiro atoms. The fourth-order valence-electron chi connectivity index (χ4n) is 4.12. The van der Waals surface area contributed by atoms with Crippen LogP contribution in [0.5, 0.6) is 11.5 Å². The van der Waals surface area contributed by atoms with Crippen molar-refractivity contribution in [2.75, 3.05) is 19.8 Å². The molecule has 1 N–H and O–H groups in total. The summed E-state index contributed by atoms with van der Waals surface area (Å²) in [6.07, 6.45) is -0.00903. The molecule has 1 aliphatic heterocycles. The van der Waals surface area contributed by atoms with Gasteiger partial charge in [0.25, 0.3) is 11.7 Å². The predicted octanol–water partition coefficient (Wildman–Crippen LogP) is 5.03. The van der Waals surface area contributed by atoms with Crippen molar-refractivity contribution in [3.63, 3.8) is 0 Å². The number of amides is 1. The Hall–Kier alpha value is -3.32. The molecule has 7 heteroatoms. The average molecular weight is 482 g/mol. The summed E-state index contributed by atoms with van der Waals surface area (Å²) in [6.45, 7) is 12.4. The smallest absolute Gasteiger partial charge is 0.295 e. The van der Waals surface area contributed by atoms with E-state index in [2.05, 4.69) is 0 Å². The average Bonchev–Trinajstić information content (AvgIpc) is 3.05. The Bertz CT molecular complexity index is 1100. The monoisotopic (exact) mass is 481 g/mol. The lowest BCUT2D eigenvalue weighted by atomic mass is 9.94. The van der Waals surface area contributed by atoms with Crippen LogP contribution >= 0.6 is 0 Å². The Labute approximate surface area is 207 Å². The van der Waals surface area contributed by atoms with Gasteiger partial charge in [-0.1, -0.05) is 12.1 Å². The van der Waals surface area contributed by atoms with Crippen LogP contribution in [0.3, 0.4) is 0 Å². The molecule has 0 bridgehead atoms. The second-order valence-corrected chi connectivity index (χ2v) is 9.06. The van der Waals surface area contributed by atoms with Crippen molar-refractivity contribution in [1.29, 1.82) is 0 Å². The zero-order chi connectivity index (χ0) is 25.7. The summed E-state index contributed by atoms with van der Waals surface area (Å²) in [6, 6.07) is 11.7. The quantitative estimate of drug-likeness (QED) is 0.291. The van der Waals surface area contributed by atoms with Crippen LogP contribution in [0.2, 0.25) is 0 Å². The predicted molar refractivity (Wildman–Crippen MR) is 135 cm³/mol. The first-order valence-electron chi connectivity index (χ1n) is 12.0. The largest absolute Gasteiger partial charge is 0.507 e. The van der Waals surface area contributed by atoms with E-state index >= 15 is 0 Å². The molecule has 1 atom stereocenters. The van der Waals surface area contributed by atoms with Gasteiger partial charge in [-0.25, -0.2) is 0 Å². The number of aliphatic hydroxyl groups is 1. The Kier molecular flexibility index (Phi) is 8.57. The molecular weight excluding hydrogens is 446 g/mol. The fourth-order valence-corrected chi connectivity index (χ4v) is 4.12. The molecule has 2 aromatic carbocycles. The van der Waals surface area contributed by atoms with Gasteiger partial charge in [0.1, 0.15) is 17.3 Å². The first-order chi connectivity index (χ1) is 16.6. The summed E-state index contributed by atoms with van der Waals surface area (Å²) in [5.74, 6) is -0.285. The maximum Gasteiger partial charge on any atom is 0.295 e. The highest BCUT2D eigenvalue weighted by molar-refractivity contribution is 6.46. The number of benzene rings is 2. The van der Waals surface area contributed by atoms with Crippen LogP contribution in [0.15, 0.2) is 48.0 Å². The molecule has 1 amide bonds. The van der Waals surface area contributed by atoms with Crippen LogP contribution in [0.25, 0.3) is 5.76 Å². The fraction of sp³-hybridized carbons (Fsp3) is 0.429. The Balaban J connectivity index is 2.10. The van der Waals surface area contributed by atoms with Gasteiger partial charge in [-0.05, 0) is 83.0 Å². The highest BCUT2D eigenvalue weighted by atomic mass is 16.5. The second kappa shape index (κ2) is 11.4. The van der Waals surface area contributed by atoms with Crippen LogP contribution < -0.4 is 9.47 Å². The Morgan fingerprint density at radius 2 is 1.80 bits per heavy atom. The normalized spacial score (nSPS) is 17.5. The number of carbonyl (C=O) groups is 2. The van der Waals surface area contributed by atoms with Crippen molar-refractivity contribution < 1.29 is 28.9 Å². The molecule has 2 aromatic rings. The summed E-state index contributed by atoms with van der Waals surface area (Å²) in [4.78, 5) is 27.8. The van der Waals surface area contributed by atoms with E-state index in [0.29, 0.717) is 29.2 Å². The molecule has 1 unspecified atom stereocenters. The molecule has 0 aliphatic carbocycles. The number of carbonyl (C=O) groups excluding carboxylic acids is 2. The van der Waals surface area contributed by atoms with Crippen molar-refractivity contribution in [1.82, 2.24) is 4.90 Å². The van der Waals surface area contributed by atoms with Gasteiger partial charge in [0, 0.05) is 12.1 Å². The molecule has 3 rings (SSSR count). The standard InChI is InChI=1S/C28H35NO6/c1-7-33-22-10-8-9-20(16-22)25-24(27(31)28(32)29(25)13-14-34-17(2)3)26(30)21-11-12-23(19(6)15-21)35-18(4)5/h8-12,15-18,25,30H,7,13-14H2,1-6H3/b26-24+. The number of ether oxygens (including phenoxy) is 3. The molecule has 0 aromatic heterocycles. The first kappa shape index (κ1) is 26.3. The third-order valence-electron chi connectivity index (χ3n) is 5.62. The van der Waals surface area contributed by atoms with Gasteiger partial charge in [-0.3, -0.25) is 9.59 Å². The number of likely N-dealkylation sites (tertiary alicyclic amines) is 1. The lowest BCUT2D eigenvalue weighted by Crippen LogP contribution is -2.33. The minimum absolute atomic E-state index is 0.00384. The Morgan fingerprint density at radius 1 is 1.06 bits per heavy atom. The number of hydrogen-bond donors (Lipinski definition) is 1. The summed E-state index contributed by atoms with van der Waals surface area (Å²) < 4.78 is 17.1. The minimum atomic E-state index is -0.766. The van der Waals surface area contributed by atoms with Gasteiger partial charge in [-0.2, -0.15) is 0 Å². The van der Waals surface area contributed by atoms with E-state index in [0.717, 1.165) is 5.56 Å². The number of Topliss-reactive ketones (excluding diaryl/α,β-unsaturated/α-hetero) is 1. The molecule has 1 aliphatic rings. The molecule has 0 radical (unpaired) electrons. The van der Waals surface area contributed by atoms with Gasteiger partial charge in [0.2, 0.25) is 0 Å². The first-order valence-corrected chi connectivity index (χ1v) is 12.0. The van der Waals surface area contributed by atoms with Crippen molar-refractivity contribution >= 4 is 17.4 Å². The number of rotatable bonds is 10. The van der Waals surface area contributed by atoms with E-state index < -0.39 is 17.7 Å². The lowest BCUT2D eigenvalue weighted by Gasteiger charge is -2.26. The zero-order valence-electron chi connectivity index (χ0n) is 21.3. The molecule has 1 saturated heterocycles. The van der Waals surface area contributed by atoms with Crippen molar-refractivity contribution in [3.8, 4) is 11.5 Å². The highest BCUT2D eigenvalue weighted by Crippen LogP contribution is 2.40. The van der Waals surface area contributed by atoms with Crippen molar-refractivity contribution in [2.45, 2.75) is 59.8 Å². The van der Waals surface area contributed by atoms with E-state index in [1.54, 1.807) is 24.3 Å². The van der Waals surface area contributed by atoms with E-state index in [-0.39, 0.29) is 36.7 Å². The van der Waals surface area contributed by atoms with Crippen molar-refractivity contribution in [2.24, 2.45) is 0 Å². The lowest BCUT2D eigenvalue weighted by molar-refractivity contribution is -0.140. The molecule has 7 nitrogen and oxygen atoms in total. The van der Waals surface area contributed by atoms with Crippen LogP contribution in [-0.2, 0) is 14.3 Å². The molecule has 0 saturated carbocycles. The number of aliphatic hydroxyl groups excluding tert-OH is 1. The molecule has 188 valence electrons. The highest BCUT2D eigenvalue weighted by Gasteiger charge is 2.46. The maximum absolute atomic E-state index is 13.2. The van der Waals surface area contributed by atoms with E-state index in [4.69, 9.17) is 14.2 Å². The molecule has 1 fully saturated rings. The maximum atomic E-state index is 13.2. The van der Waals surface area contributed by atoms with Crippen LogP contribution in [0.4, 0.5) is 0 Å². The summed E-state index contributed by atoms with van der Waals surface area (Å²) in [5, 5.41) is 11.3. The summed E-state index contributed by atoms with van der Waals surface area (Å²) in [7, 11) is 0. The van der Waals surface area contributed by atoms with E-state index in [9.17, 15) is 14.7 Å². The van der Waals surface area contributed by atoms with Crippen LogP contribution in [0.1, 0.15) is 57.4 Å². The number of aryl methyl sites for hydroxylation is 1. The Morgan fingerprint density at radius 3 is 2.43 bits per heavy atom. The number of nitrogens with zero attached hydrogens (tertiary/aromatic N) is 1. The third kappa shape index (κ3) is 6.03. The number of hydrogen-bond acceptors (Lipinski definition) is 6. The van der Waals surface area contributed by atoms with Gasteiger partial charge < -0.3 is 24.2 Å². The second-order valence-electron chi connectivity index (χ2n) is 9.06. The topological polar surface area (TPSA) is 85.3 Å². The number of ketones is 1. The van der Waals surface area contributed by atoms with E-state index in [1.807, 2.05) is 59.7 Å². The van der Waals surface area contributed by atoms with Crippen molar-refractivity contribution in [3.05, 3.63) is 64.7 Å². The summed E-state index contributed by atoms with van der Waals surface area (Å²) >= 11 is 0. The van der Waals surface area contributed by atoms with Gasteiger partial charge in [-0.15, -0.1) is 0 Å².